The minimum absolute atomic E-state index is 0.0770. The van der Waals surface area contributed by atoms with Crippen molar-refractivity contribution in [3.63, 3.8) is 0 Å². The molecular formula is C22H29NO4. The Balaban J connectivity index is 2.01. The van der Waals surface area contributed by atoms with Crippen LogP contribution < -0.4 is 24.3 Å². The Morgan fingerprint density at radius 1 is 0.852 bits per heavy atom. The fourth-order valence-corrected chi connectivity index (χ4v) is 3.54. The van der Waals surface area contributed by atoms with Crippen molar-refractivity contribution in [1.29, 1.82) is 0 Å². The Morgan fingerprint density at radius 2 is 1.52 bits per heavy atom. The highest BCUT2D eigenvalue weighted by Crippen LogP contribution is 2.39. The largest absolute Gasteiger partial charge is 0.493 e. The highest BCUT2D eigenvalue weighted by atomic mass is 16.5. The van der Waals surface area contributed by atoms with E-state index in [1.165, 1.54) is 11.1 Å². The van der Waals surface area contributed by atoms with Gasteiger partial charge in [-0.1, -0.05) is 6.07 Å². The van der Waals surface area contributed by atoms with E-state index in [0.717, 1.165) is 41.5 Å². The molecule has 146 valence electrons. The molecule has 2 aromatic carbocycles. The monoisotopic (exact) mass is 371 g/mol. The van der Waals surface area contributed by atoms with E-state index in [1.807, 2.05) is 26.8 Å². The minimum atomic E-state index is 0.0770. The lowest BCUT2D eigenvalue weighted by Crippen LogP contribution is -2.30. The van der Waals surface area contributed by atoms with E-state index in [4.69, 9.17) is 18.9 Å². The fourth-order valence-electron chi connectivity index (χ4n) is 3.54. The molecule has 0 aliphatic carbocycles. The van der Waals surface area contributed by atoms with Gasteiger partial charge in [0.05, 0.1) is 33.0 Å². The number of rotatable bonds is 8. The molecule has 1 aliphatic rings. The van der Waals surface area contributed by atoms with Crippen molar-refractivity contribution in [2.75, 3.05) is 33.5 Å². The van der Waals surface area contributed by atoms with Gasteiger partial charge in [-0.15, -0.1) is 0 Å². The average molecular weight is 371 g/mol. The second-order valence-electron chi connectivity index (χ2n) is 6.34. The summed E-state index contributed by atoms with van der Waals surface area (Å²) in [5.74, 6) is 3.13. The number of fused-ring (bicyclic) bond motifs is 1. The van der Waals surface area contributed by atoms with Crippen molar-refractivity contribution in [2.45, 2.75) is 33.2 Å². The summed E-state index contributed by atoms with van der Waals surface area (Å²) in [5.41, 5.74) is 3.65. The summed E-state index contributed by atoms with van der Waals surface area (Å²) in [4.78, 5) is 0. The van der Waals surface area contributed by atoms with Gasteiger partial charge in [-0.3, -0.25) is 0 Å². The number of hydrogen-bond donors (Lipinski definition) is 1. The third-order valence-corrected chi connectivity index (χ3v) is 4.68. The van der Waals surface area contributed by atoms with E-state index in [2.05, 4.69) is 29.6 Å². The molecule has 1 heterocycles. The summed E-state index contributed by atoms with van der Waals surface area (Å²) in [7, 11) is 1.67. The zero-order valence-electron chi connectivity index (χ0n) is 16.6. The molecule has 0 fully saturated rings. The van der Waals surface area contributed by atoms with Gasteiger partial charge in [-0.25, -0.2) is 0 Å². The van der Waals surface area contributed by atoms with Crippen LogP contribution in [0.15, 0.2) is 30.3 Å². The average Bonchev–Trinajstić information content (AvgIpc) is 2.69. The summed E-state index contributed by atoms with van der Waals surface area (Å²) >= 11 is 0. The van der Waals surface area contributed by atoms with Crippen LogP contribution in [0.25, 0.3) is 0 Å². The van der Waals surface area contributed by atoms with Crippen LogP contribution in [0.1, 0.15) is 43.5 Å². The third kappa shape index (κ3) is 4.14. The molecule has 27 heavy (non-hydrogen) atoms. The van der Waals surface area contributed by atoms with Crippen molar-refractivity contribution >= 4 is 0 Å². The maximum Gasteiger partial charge on any atom is 0.161 e. The molecule has 0 amide bonds. The lowest BCUT2D eigenvalue weighted by molar-refractivity contribution is 0.286. The summed E-state index contributed by atoms with van der Waals surface area (Å²) < 4.78 is 22.8. The van der Waals surface area contributed by atoms with Gasteiger partial charge in [0.2, 0.25) is 0 Å². The van der Waals surface area contributed by atoms with E-state index in [9.17, 15) is 0 Å². The Bertz CT molecular complexity index is 775. The molecule has 0 saturated carbocycles. The van der Waals surface area contributed by atoms with E-state index in [0.29, 0.717) is 19.8 Å². The molecule has 1 N–H and O–H groups in total. The predicted molar refractivity (Wildman–Crippen MR) is 106 cm³/mol. The fraction of sp³-hybridized carbons (Fsp3) is 0.455. The van der Waals surface area contributed by atoms with Crippen LogP contribution in [-0.4, -0.2) is 33.5 Å². The van der Waals surface area contributed by atoms with Gasteiger partial charge in [0.15, 0.2) is 23.0 Å². The molecule has 0 radical (unpaired) electrons. The highest BCUT2D eigenvalue weighted by Gasteiger charge is 2.25. The topological polar surface area (TPSA) is 49.0 Å². The van der Waals surface area contributed by atoms with Gasteiger partial charge >= 0.3 is 0 Å². The predicted octanol–water partition coefficient (Wildman–Crippen LogP) is 4.13. The number of nitrogens with one attached hydrogen (secondary N) is 1. The molecular weight excluding hydrogens is 342 g/mol. The highest BCUT2D eigenvalue weighted by molar-refractivity contribution is 5.53. The normalized spacial score (nSPS) is 15.8. The number of benzene rings is 2. The Morgan fingerprint density at radius 3 is 2.19 bits per heavy atom. The van der Waals surface area contributed by atoms with Gasteiger partial charge in [0.25, 0.3) is 0 Å². The third-order valence-electron chi connectivity index (χ3n) is 4.68. The number of hydrogen-bond acceptors (Lipinski definition) is 5. The van der Waals surface area contributed by atoms with Crippen LogP contribution >= 0.6 is 0 Å². The summed E-state index contributed by atoms with van der Waals surface area (Å²) in [5, 5.41) is 3.62. The van der Waals surface area contributed by atoms with Crippen molar-refractivity contribution in [1.82, 2.24) is 5.32 Å². The summed E-state index contributed by atoms with van der Waals surface area (Å²) in [6.07, 6.45) is 0.965. The van der Waals surface area contributed by atoms with Gasteiger partial charge < -0.3 is 24.3 Å². The first kappa shape index (κ1) is 19.4. The molecule has 5 nitrogen and oxygen atoms in total. The number of methoxy groups -OCH3 is 1. The Labute approximate surface area is 161 Å². The van der Waals surface area contributed by atoms with Crippen molar-refractivity contribution in [2.24, 2.45) is 0 Å². The minimum Gasteiger partial charge on any atom is -0.493 e. The van der Waals surface area contributed by atoms with Crippen LogP contribution in [0.2, 0.25) is 0 Å². The zero-order chi connectivity index (χ0) is 19.2. The van der Waals surface area contributed by atoms with Crippen LogP contribution in [0.3, 0.4) is 0 Å². The molecule has 1 atom stereocenters. The maximum atomic E-state index is 5.84. The van der Waals surface area contributed by atoms with Gasteiger partial charge in [0.1, 0.15) is 0 Å². The second kappa shape index (κ2) is 9.00. The first-order valence-electron chi connectivity index (χ1n) is 9.68. The molecule has 0 bridgehead atoms. The van der Waals surface area contributed by atoms with Crippen LogP contribution in [0.4, 0.5) is 0 Å². The molecule has 0 aromatic heterocycles. The van der Waals surface area contributed by atoms with Gasteiger partial charge in [0, 0.05) is 6.54 Å². The lowest BCUT2D eigenvalue weighted by Gasteiger charge is -2.29. The van der Waals surface area contributed by atoms with Crippen LogP contribution in [-0.2, 0) is 6.42 Å². The summed E-state index contributed by atoms with van der Waals surface area (Å²) in [6, 6.07) is 10.4. The molecule has 3 rings (SSSR count). The quantitative estimate of drug-likeness (QED) is 0.756. The van der Waals surface area contributed by atoms with E-state index in [1.54, 1.807) is 7.11 Å². The van der Waals surface area contributed by atoms with Crippen molar-refractivity contribution < 1.29 is 18.9 Å². The molecule has 1 aliphatic heterocycles. The standard InChI is InChI=1S/C22H29NO4/c1-5-25-18-9-8-16(13-19(18)24-4)22-17-14-21(27-7-3)20(26-6-2)12-15(17)10-11-23-22/h8-9,12-14,22-23H,5-7,10-11H2,1-4H3. The Kier molecular flexibility index (Phi) is 6.45. The summed E-state index contributed by atoms with van der Waals surface area (Å²) in [6.45, 7) is 8.70. The van der Waals surface area contributed by atoms with E-state index < -0.39 is 0 Å². The van der Waals surface area contributed by atoms with E-state index >= 15 is 0 Å². The van der Waals surface area contributed by atoms with Gasteiger partial charge in [-0.2, -0.15) is 0 Å². The first-order valence-corrected chi connectivity index (χ1v) is 9.68. The first-order chi connectivity index (χ1) is 13.2. The van der Waals surface area contributed by atoms with Crippen molar-refractivity contribution in [3.8, 4) is 23.0 Å². The second-order valence-corrected chi connectivity index (χ2v) is 6.34. The molecule has 5 heteroatoms. The van der Waals surface area contributed by atoms with Gasteiger partial charge in [-0.05, 0) is 68.1 Å². The van der Waals surface area contributed by atoms with Crippen LogP contribution in [0.5, 0.6) is 23.0 Å². The van der Waals surface area contributed by atoms with Crippen molar-refractivity contribution in [3.05, 3.63) is 47.0 Å². The SMILES string of the molecule is CCOc1ccc(C2NCCc3cc(OCC)c(OCC)cc32)cc1OC. The smallest absolute Gasteiger partial charge is 0.161 e. The lowest BCUT2D eigenvalue weighted by atomic mass is 9.89. The maximum absolute atomic E-state index is 5.84. The number of ether oxygens (including phenoxy) is 4. The molecule has 1 unspecified atom stereocenters. The zero-order valence-corrected chi connectivity index (χ0v) is 16.6. The molecule has 2 aromatic rings. The molecule has 0 saturated heterocycles. The Hall–Kier alpha value is -2.40. The molecule has 0 spiro atoms. The van der Waals surface area contributed by atoms with E-state index in [-0.39, 0.29) is 6.04 Å². The van der Waals surface area contributed by atoms with Crippen LogP contribution in [0, 0.1) is 0 Å².